The average Bonchev–Trinajstić information content (AvgIpc) is 3.71. The molecule has 278 valence electrons. The first-order valence-corrected chi connectivity index (χ1v) is 19.7. The topological polar surface area (TPSA) is 55.0 Å². The SMILES string of the molecule is CC1(C)c2ccccc2-c2ccc(-c3ccc(-c4ccc5c(c4)c4ccccc4n5-c4ccc(NC(NN)c5ccccc5)cc4)cc3)cc21.Cc1ccccc1. The van der Waals surface area contributed by atoms with Crippen molar-refractivity contribution in [3.63, 3.8) is 0 Å². The third-order valence-corrected chi connectivity index (χ3v) is 11.5. The Bertz CT molecular complexity index is 2820. The maximum absolute atomic E-state index is 5.90. The minimum Gasteiger partial charge on any atom is -0.365 e. The van der Waals surface area contributed by atoms with E-state index in [-0.39, 0.29) is 11.6 Å². The zero-order valence-electron chi connectivity index (χ0n) is 32.6. The molecule has 1 aliphatic rings. The predicted molar refractivity (Wildman–Crippen MR) is 241 cm³/mol. The number of hydrazine groups is 1. The molecule has 0 amide bonds. The van der Waals surface area contributed by atoms with Crippen molar-refractivity contribution in [2.75, 3.05) is 5.32 Å². The summed E-state index contributed by atoms with van der Waals surface area (Å²) in [6.07, 6.45) is -0.193. The van der Waals surface area contributed by atoms with E-state index in [1.807, 2.05) is 36.4 Å². The number of anilines is 1. The van der Waals surface area contributed by atoms with Crippen molar-refractivity contribution in [2.24, 2.45) is 5.84 Å². The fourth-order valence-electron chi connectivity index (χ4n) is 8.44. The van der Waals surface area contributed by atoms with Crippen molar-refractivity contribution in [3.8, 4) is 39.1 Å². The second kappa shape index (κ2) is 15.1. The van der Waals surface area contributed by atoms with Crippen LogP contribution in [0.15, 0.2) is 194 Å². The first kappa shape index (κ1) is 35.9. The molecule has 0 bridgehead atoms. The molecule has 57 heavy (non-hydrogen) atoms. The Hall–Kier alpha value is -6.72. The molecule has 1 atom stereocenters. The summed E-state index contributed by atoms with van der Waals surface area (Å²) in [7, 11) is 0. The molecular weight excluding hydrogens is 693 g/mol. The summed E-state index contributed by atoms with van der Waals surface area (Å²) in [4.78, 5) is 0. The molecule has 0 saturated heterocycles. The highest BCUT2D eigenvalue weighted by molar-refractivity contribution is 6.10. The summed E-state index contributed by atoms with van der Waals surface area (Å²) >= 11 is 0. The van der Waals surface area contributed by atoms with E-state index in [1.54, 1.807) is 0 Å². The predicted octanol–water partition coefficient (Wildman–Crippen LogP) is 13.0. The van der Waals surface area contributed by atoms with E-state index in [0.29, 0.717) is 0 Å². The Labute approximate surface area is 335 Å². The first-order chi connectivity index (χ1) is 27.9. The van der Waals surface area contributed by atoms with Gasteiger partial charge in [-0.2, -0.15) is 0 Å². The molecule has 4 N–H and O–H groups in total. The second-order valence-electron chi connectivity index (χ2n) is 15.4. The van der Waals surface area contributed by atoms with Crippen LogP contribution in [0.2, 0.25) is 0 Å². The summed E-state index contributed by atoms with van der Waals surface area (Å²) in [5.41, 5.74) is 20.2. The number of benzene rings is 8. The molecule has 1 heterocycles. The van der Waals surface area contributed by atoms with Gasteiger partial charge >= 0.3 is 0 Å². The van der Waals surface area contributed by atoms with Crippen LogP contribution in [0.25, 0.3) is 60.9 Å². The van der Waals surface area contributed by atoms with E-state index in [0.717, 1.165) is 16.9 Å². The smallest absolute Gasteiger partial charge is 0.115 e. The maximum atomic E-state index is 5.90. The molecule has 0 radical (unpaired) electrons. The molecule has 10 rings (SSSR count). The number of aryl methyl sites for hydroxylation is 1. The van der Waals surface area contributed by atoms with Crippen LogP contribution in [-0.2, 0) is 5.41 Å². The van der Waals surface area contributed by atoms with E-state index in [2.05, 4.69) is 194 Å². The number of aromatic nitrogens is 1. The lowest BCUT2D eigenvalue weighted by atomic mass is 9.81. The third-order valence-electron chi connectivity index (χ3n) is 11.5. The largest absolute Gasteiger partial charge is 0.365 e. The van der Waals surface area contributed by atoms with Crippen LogP contribution in [0, 0.1) is 6.92 Å². The van der Waals surface area contributed by atoms with E-state index in [9.17, 15) is 0 Å². The number of nitrogens with one attached hydrogen (secondary N) is 2. The number of hydrogen-bond acceptors (Lipinski definition) is 3. The zero-order valence-corrected chi connectivity index (χ0v) is 32.6. The normalized spacial score (nSPS) is 13.1. The number of nitrogens with two attached hydrogens (primary N) is 1. The molecule has 0 aliphatic heterocycles. The van der Waals surface area contributed by atoms with E-state index >= 15 is 0 Å². The Kier molecular flexibility index (Phi) is 9.51. The molecule has 0 saturated carbocycles. The molecule has 1 unspecified atom stereocenters. The number of rotatable bonds is 7. The van der Waals surface area contributed by atoms with E-state index in [4.69, 9.17) is 5.84 Å². The van der Waals surface area contributed by atoms with Crippen LogP contribution >= 0.6 is 0 Å². The van der Waals surface area contributed by atoms with Crippen molar-refractivity contribution < 1.29 is 0 Å². The summed E-state index contributed by atoms with van der Waals surface area (Å²) in [6.45, 7) is 6.76. The van der Waals surface area contributed by atoms with Crippen LogP contribution in [0.3, 0.4) is 0 Å². The minimum absolute atomic E-state index is 0.0111. The zero-order chi connectivity index (χ0) is 38.9. The van der Waals surface area contributed by atoms with Crippen molar-refractivity contribution in [2.45, 2.75) is 32.4 Å². The average molecular weight is 739 g/mol. The molecule has 8 aromatic carbocycles. The lowest BCUT2D eigenvalue weighted by Gasteiger charge is -2.22. The van der Waals surface area contributed by atoms with Crippen LogP contribution in [0.1, 0.15) is 42.3 Å². The maximum Gasteiger partial charge on any atom is 0.115 e. The molecule has 1 aromatic heterocycles. The van der Waals surface area contributed by atoms with Crippen molar-refractivity contribution in [3.05, 3.63) is 216 Å². The van der Waals surface area contributed by atoms with Gasteiger partial charge in [0.1, 0.15) is 6.17 Å². The monoisotopic (exact) mass is 738 g/mol. The summed E-state index contributed by atoms with van der Waals surface area (Å²) in [6, 6.07) is 69.3. The summed E-state index contributed by atoms with van der Waals surface area (Å²) in [5.74, 6) is 5.90. The van der Waals surface area contributed by atoms with Crippen LogP contribution in [-0.4, -0.2) is 4.57 Å². The molecule has 4 nitrogen and oxygen atoms in total. The lowest BCUT2D eigenvalue weighted by Crippen LogP contribution is -2.33. The fraction of sp³-hybridized carbons (Fsp3) is 0.0943. The molecule has 4 heteroatoms. The van der Waals surface area contributed by atoms with Gasteiger partial charge in [0.15, 0.2) is 0 Å². The quantitative estimate of drug-likeness (QED) is 0.0867. The van der Waals surface area contributed by atoms with Gasteiger partial charge in [-0.05, 0) is 106 Å². The number of para-hydroxylation sites is 1. The minimum atomic E-state index is -0.193. The van der Waals surface area contributed by atoms with Gasteiger partial charge in [0.25, 0.3) is 0 Å². The van der Waals surface area contributed by atoms with Gasteiger partial charge in [-0.1, -0.05) is 165 Å². The number of fused-ring (bicyclic) bond motifs is 6. The van der Waals surface area contributed by atoms with Gasteiger partial charge in [-0.3, -0.25) is 5.84 Å². The highest BCUT2D eigenvalue weighted by Gasteiger charge is 2.35. The Morgan fingerprint density at radius 1 is 0.491 bits per heavy atom. The van der Waals surface area contributed by atoms with Crippen molar-refractivity contribution in [1.82, 2.24) is 9.99 Å². The standard InChI is InChI=1S/C46H38N4.C7H8/c1-46(2)41-14-8-6-12-37(41)38-26-20-34(29-42(38)46)31-18-16-30(17-19-31)33-21-27-44-40(28-33)39-13-7-9-15-43(39)50(44)36-24-22-35(23-25-36)48-45(49-47)32-10-4-3-5-11-32;1-7-5-3-2-4-6-7/h3-29,45,48-49H,47H2,1-2H3;2-6H,1H3. The van der Waals surface area contributed by atoms with Gasteiger partial charge in [-0.25, -0.2) is 5.43 Å². The fourth-order valence-corrected chi connectivity index (χ4v) is 8.44. The number of nitrogens with zero attached hydrogens (tertiary/aromatic N) is 1. The molecule has 9 aromatic rings. The Morgan fingerprint density at radius 3 is 1.74 bits per heavy atom. The van der Waals surface area contributed by atoms with Crippen molar-refractivity contribution >= 4 is 27.5 Å². The van der Waals surface area contributed by atoms with Crippen molar-refractivity contribution in [1.29, 1.82) is 0 Å². The van der Waals surface area contributed by atoms with Gasteiger partial charge in [-0.15, -0.1) is 0 Å². The van der Waals surface area contributed by atoms with Gasteiger partial charge in [0, 0.05) is 27.6 Å². The van der Waals surface area contributed by atoms with E-state index < -0.39 is 0 Å². The van der Waals surface area contributed by atoms with Crippen LogP contribution in [0.5, 0.6) is 0 Å². The summed E-state index contributed by atoms with van der Waals surface area (Å²) in [5, 5.41) is 5.98. The lowest BCUT2D eigenvalue weighted by molar-refractivity contribution is 0.616. The summed E-state index contributed by atoms with van der Waals surface area (Å²) < 4.78 is 2.35. The highest BCUT2D eigenvalue weighted by atomic mass is 15.3. The van der Waals surface area contributed by atoms with Gasteiger partial charge < -0.3 is 9.88 Å². The highest BCUT2D eigenvalue weighted by Crippen LogP contribution is 2.49. The van der Waals surface area contributed by atoms with Crippen LogP contribution in [0.4, 0.5) is 5.69 Å². The Morgan fingerprint density at radius 2 is 1.05 bits per heavy atom. The Balaban J connectivity index is 0.000000548. The van der Waals surface area contributed by atoms with Gasteiger partial charge in [0.2, 0.25) is 0 Å². The molecular formula is C53H46N4. The van der Waals surface area contributed by atoms with E-state index in [1.165, 1.54) is 71.9 Å². The molecule has 1 aliphatic carbocycles. The number of hydrogen-bond donors (Lipinski definition) is 3. The van der Waals surface area contributed by atoms with Gasteiger partial charge in [0.05, 0.1) is 11.0 Å². The first-order valence-electron chi connectivity index (χ1n) is 19.7. The second-order valence-corrected chi connectivity index (χ2v) is 15.4. The van der Waals surface area contributed by atoms with Crippen LogP contribution < -0.4 is 16.6 Å². The third kappa shape index (κ3) is 6.80. The molecule has 0 fully saturated rings. The molecule has 0 spiro atoms.